The Morgan fingerprint density at radius 2 is 2.14 bits per heavy atom. The van der Waals surface area contributed by atoms with E-state index in [4.69, 9.17) is 9.84 Å². The first-order valence-electron chi connectivity index (χ1n) is 6.94. The Bertz CT molecular complexity index is 553. The van der Waals surface area contributed by atoms with Crippen LogP contribution < -0.4 is 4.74 Å². The fourth-order valence-corrected chi connectivity index (χ4v) is 2.45. The minimum Gasteiger partial charge on any atom is -0.496 e. The van der Waals surface area contributed by atoms with Crippen LogP contribution in [-0.2, 0) is 9.59 Å². The number of amides is 1. The largest absolute Gasteiger partial charge is 0.496 e. The van der Waals surface area contributed by atoms with E-state index in [2.05, 4.69) is 0 Å². The minimum atomic E-state index is -0.832. The Balaban J connectivity index is 2.03. The molecule has 5 heteroatoms. The van der Waals surface area contributed by atoms with Crippen LogP contribution in [0.3, 0.4) is 0 Å². The van der Waals surface area contributed by atoms with Crippen LogP contribution >= 0.6 is 0 Å². The van der Waals surface area contributed by atoms with Crippen molar-refractivity contribution in [1.82, 2.24) is 4.90 Å². The summed E-state index contributed by atoms with van der Waals surface area (Å²) >= 11 is 0. The Labute approximate surface area is 123 Å². The highest BCUT2D eigenvalue weighted by molar-refractivity contribution is 5.92. The number of nitrogens with zero attached hydrogens (tertiary/aromatic N) is 1. The number of ether oxygens (including phenoxy) is 1. The van der Waals surface area contributed by atoms with Crippen LogP contribution in [0.4, 0.5) is 0 Å². The molecule has 0 aliphatic carbocycles. The number of para-hydroxylation sites is 1. The molecule has 112 valence electrons. The van der Waals surface area contributed by atoms with Gasteiger partial charge in [-0.05, 0) is 25.0 Å². The van der Waals surface area contributed by atoms with Crippen molar-refractivity contribution < 1.29 is 19.4 Å². The predicted octanol–water partition coefficient (Wildman–Crippen LogP) is 2.03. The summed E-state index contributed by atoms with van der Waals surface area (Å²) in [4.78, 5) is 24.7. The number of likely N-dealkylation sites (tertiary alicyclic amines) is 1. The van der Waals surface area contributed by atoms with Gasteiger partial charge in [0.25, 0.3) is 0 Å². The minimum absolute atomic E-state index is 0.160. The van der Waals surface area contributed by atoms with Crippen molar-refractivity contribution in [3.8, 4) is 5.75 Å². The lowest BCUT2D eigenvalue weighted by Gasteiger charge is -2.29. The van der Waals surface area contributed by atoms with Gasteiger partial charge in [0, 0.05) is 24.7 Å². The molecule has 0 radical (unpaired) electrons. The third-order valence-electron chi connectivity index (χ3n) is 3.63. The highest BCUT2D eigenvalue weighted by Crippen LogP contribution is 2.20. The number of aliphatic carboxylic acids is 1. The normalized spacial score (nSPS) is 18.7. The van der Waals surface area contributed by atoms with Crippen molar-refractivity contribution in [2.75, 3.05) is 20.2 Å². The van der Waals surface area contributed by atoms with Gasteiger partial charge in [-0.1, -0.05) is 18.2 Å². The van der Waals surface area contributed by atoms with Crippen molar-refractivity contribution in [3.05, 3.63) is 35.9 Å². The number of benzene rings is 1. The summed E-state index contributed by atoms with van der Waals surface area (Å²) in [5.41, 5.74) is 0.820. The maximum atomic E-state index is 12.1. The molecule has 1 atom stereocenters. The van der Waals surface area contributed by atoms with Gasteiger partial charge >= 0.3 is 5.97 Å². The number of carbonyl (C=O) groups is 2. The zero-order valence-corrected chi connectivity index (χ0v) is 12.0. The summed E-state index contributed by atoms with van der Waals surface area (Å²) < 4.78 is 5.22. The molecule has 1 aromatic carbocycles. The van der Waals surface area contributed by atoms with Gasteiger partial charge < -0.3 is 14.7 Å². The third kappa shape index (κ3) is 3.84. The number of hydrogen-bond acceptors (Lipinski definition) is 3. The molecule has 1 aromatic rings. The second-order valence-corrected chi connectivity index (χ2v) is 5.04. The quantitative estimate of drug-likeness (QED) is 0.861. The summed E-state index contributed by atoms with van der Waals surface area (Å²) in [6, 6.07) is 7.42. The van der Waals surface area contributed by atoms with Crippen molar-refractivity contribution in [3.63, 3.8) is 0 Å². The molecular weight excluding hydrogens is 270 g/mol. The number of carboxylic acid groups (broad SMARTS) is 1. The smallest absolute Gasteiger partial charge is 0.308 e. The molecule has 1 aliphatic rings. The first-order valence-corrected chi connectivity index (χ1v) is 6.94. The number of rotatable bonds is 4. The van der Waals surface area contributed by atoms with E-state index in [9.17, 15) is 9.59 Å². The van der Waals surface area contributed by atoms with Gasteiger partial charge in [-0.3, -0.25) is 9.59 Å². The number of carbonyl (C=O) groups excluding carboxylic acids is 1. The van der Waals surface area contributed by atoms with Gasteiger partial charge in [0.2, 0.25) is 5.91 Å². The lowest BCUT2D eigenvalue weighted by Crippen LogP contribution is -2.41. The van der Waals surface area contributed by atoms with E-state index in [1.807, 2.05) is 24.3 Å². The van der Waals surface area contributed by atoms with Crippen LogP contribution in [0.2, 0.25) is 0 Å². The second kappa shape index (κ2) is 6.92. The van der Waals surface area contributed by atoms with E-state index < -0.39 is 11.9 Å². The molecule has 5 nitrogen and oxygen atoms in total. The van der Waals surface area contributed by atoms with Crippen molar-refractivity contribution >= 4 is 18.0 Å². The van der Waals surface area contributed by atoms with Gasteiger partial charge in [-0.25, -0.2) is 0 Å². The molecule has 1 fully saturated rings. The van der Waals surface area contributed by atoms with E-state index >= 15 is 0 Å². The van der Waals surface area contributed by atoms with E-state index in [1.165, 1.54) is 6.08 Å². The molecule has 1 amide bonds. The molecule has 0 bridgehead atoms. The predicted molar refractivity (Wildman–Crippen MR) is 79.0 cm³/mol. The Kier molecular flexibility index (Phi) is 4.98. The molecule has 0 aromatic heterocycles. The SMILES string of the molecule is COc1ccccc1/C=C/C(=O)N1CCC[C@@H](C(=O)O)C1. The number of hydrogen-bond donors (Lipinski definition) is 1. The number of methoxy groups -OCH3 is 1. The van der Waals surface area contributed by atoms with E-state index in [1.54, 1.807) is 18.1 Å². The van der Waals surface area contributed by atoms with Gasteiger partial charge in [-0.15, -0.1) is 0 Å². The Hall–Kier alpha value is -2.30. The summed E-state index contributed by atoms with van der Waals surface area (Å²) in [5.74, 6) is -0.751. The molecule has 0 saturated carbocycles. The van der Waals surface area contributed by atoms with Gasteiger partial charge in [-0.2, -0.15) is 0 Å². The first-order chi connectivity index (χ1) is 10.1. The maximum absolute atomic E-state index is 12.1. The van der Waals surface area contributed by atoms with E-state index in [-0.39, 0.29) is 12.5 Å². The Morgan fingerprint density at radius 1 is 1.38 bits per heavy atom. The van der Waals surface area contributed by atoms with Crippen LogP contribution in [-0.4, -0.2) is 42.1 Å². The van der Waals surface area contributed by atoms with Crippen LogP contribution in [0, 0.1) is 5.92 Å². The van der Waals surface area contributed by atoms with E-state index in [0.29, 0.717) is 18.7 Å². The molecular formula is C16H19NO4. The fourth-order valence-electron chi connectivity index (χ4n) is 2.45. The second-order valence-electron chi connectivity index (χ2n) is 5.04. The molecule has 21 heavy (non-hydrogen) atoms. The zero-order chi connectivity index (χ0) is 15.2. The van der Waals surface area contributed by atoms with Crippen LogP contribution in [0.1, 0.15) is 18.4 Å². The number of carboxylic acids is 1. The average Bonchev–Trinajstić information content (AvgIpc) is 2.52. The molecule has 1 heterocycles. The fraction of sp³-hybridized carbons (Fsp3) is 0.375. The number of piperidine rings is 1. The summed E-state index contributed by atoms with van der Waals surface area (Å²) in [6.45, 7) is 0.892. The van der Waals surface area contributed by atoms with Crippen LogP contribution in [0.25, 0.3) is 6.08 Å². The highest BCUT2D eigenvalue weighted by Gasteiger charge is 2.27. The summed E-state index contributed by atoms with van der Waals surface area (Å²) in [6.07, 6.45) is 4.54. The molecule has 0 spiro atoms. The van der Waals surface area contributed by atoms with Gasteiger partial charge in [0.05, 0.1) is 13.0 Å². The molecule has 1 aliphatic heterocycles. The standard InChI is InChI=1S/C16H19NO4/c1-21-14-7-3-2-5-12(14)8-9-15(18)17-10-4-6-13(11-17)16(19)20/h2-3,5,7-9,13H,4,6,10-11H2,1H3,(H,19,20)/b9-8+/t13-/m1/s1. The van der Waals surface area contributed by atoms with Crippen molar-refractivity contribution in [2.24, 2.45) is 5.92 Å². The molecule has 0 unspecified atom stereocenters. The first kappa shape index (κ1) is 15.1. The third-order valence-corrected chi connectivity index (χ3v) is 3.63. The van der Waals surface area contributed by atoms with Crippen LogP contribution in [0.5, 0.6) is 5.75 Å². The maximum Gasteiger partial charge on any atom is 0.308 e. The average molecular weight is 289 g/mol. The van der Waals surface area contributed by atoms with Gasteiger partial charge in [0.1, 0.15) is 5.75 Å². The Morgan fingerprint density at radius 3 is 2.86 bits per heavy atom. The highest BCUT2D eigenvalue weighted by atomic mass is 16.5. The summed E-state index contributed by atoms with van der Waals surface area (Å²) in [5, 5.41) is 9.04. The molecule has 2 rings (SSSR count). The lowest BCUT2D eigenvalue weighted by molar-refractivity contribution is -0.144. The topological polar surface area (TPSA) is 66.8 Å². The zero-order valence-electron chi connectivity index (χ0n) is 12.0. The molecule has 1 saturated heterocycles. The lowest BCUT2D eigenvalue weighted by atomic mass is 9.98. The summed E-state index contributed by atoms with van der Waals surface area (Å²) in [7, 11) is 1.58. The van der Waals surface area contributed by atoms with E-state index in [0.717, 1.165) is 12.0 Å². The monoisotopic (exact) mass is 289 g/mol. The van der Waals surface area contributed by atoms with Crippen LogP contribution in [0.15, 0.2) is 30.3 Å². The van der Waals surface area contributed by atoms with Crippen molar-refractivity contribution in [2.45, 2.75) is 12.8 Å². The van der Waals surface area contributed by atoms with Crippen molar-refractivity contribution in [1.29, 1.82) is 0 Å². The van der Waals surface area contributed by atoms with Gasteiger partial charge in [0.15, 0.2) is 0 Å². The molecule has 1 N–H and O–H groups in total.